The number of fused-ring (bicyclic) bond motifs is 2. The highest BCUT2D eigenvalue weighted by Crippen LogP contribution is 2.42. The quantitative estimate of drug-likeness (QED) is 0.485. The maximum absolute atomic E-state index is 12.8. The van der Waals surface area contributed by atoms with Gasteiger partial charge in [0.15, 0.2) is 9.84 Å². The van der Waals surface area contributed by atoms with Gasteiger partial charge in [0.1, 0.15) is 5.25 Å². The molecule has 20 heavy (non-hydrogen) atoms. The van der Waals surface area contributed by atoms with Crippen LogP contribution in [0, 0.1) is 22.0 Å². The minimum atomic E-state index is -3.68. The Hall–Kier alpha value is -1.69. The first-order valence-corrected chi connectivity index (χ1v) is 8.17. The largest absolute Gasteiger partial charge is 0.264 e. The van der Waals surface area contributed by atoms with Gasteiger partial charge in [-0.1, -0.05) is 30.4 Å². The molecule has 0 unspecified atom stereocenters. The monoisotopic (exact) mass is 293 g/mol. The summed E-state index contributed by atoms with van der Waals surface area (Å²) < 4.78 is 25.5. The fraction of sp³-hybridized carbons (Fsp3) is 0.429. The predicted molar refractivity (Wildman–Crippen MR) is 73.6 cm³/mol. The summed E-state index contributed by atoms with van der Waals surface area (Å²) >= 11 is 0. The van der Waals surface area contributed by atoms with E-state index in [1.54, 1.807) is 18.2 Å². The summed E-state index contributed by atoms with van der Waals surface area (Å²) in [6, 6.07) is 7.02. The molecular weight excluding hydrogens is 278 g/mol. The van der Waals surface area contributed by atoms with Crippen molar-refractivity contribution >= 4 is 9.84 Å². The van der Waals surface area contributed by atoms with Crippen LogP contribution in [0.2, 0.25) is 0 Å². The van der Waals surface area contributed by atoms with Crippen LogP contribution in [0.5, 0.6) is 0 Å². The molecule has 1 aromatic rings. The second kappa shape index (κ2) is 4.70. The van der Waals surface area contributed by atoms with Gasteiger partial charge >= 0.3 is 0 Å². The Morgan fingerprint density at radius 3 is 2.20 bits per heavy atom. The predicted octanol–water partition coefficient (Wildman–Crippen LogP) is 2.07. The van der Waals surface area contributed by atoms with Gasteiger partial charge in [0.25, 0.3) is 0 Å². The molecule has 0 aliphatic heterocycles. The van der Waals surface area contributed by atoms with E-state index in [1.807, 2.05) is 12.2 Å². The van der Waals surface area contributed by atoms with Gasteiger partial charge in [0, 0.05) is 16.8 Å². The minimum Gasteiger partial charge on any atom is -0.264 e. The number of sulfone groups is 1. The van der Waals surface area contributed by atoms with Crippen LogP contribution in [0.15, 0.2) is 47.4 Å². The van der Waals surface area contributed by atoms with E-state index in [-0.39, 0.29) is 16.7 Å². The highest BCUT2D eigenvalue weighted by atomic mass is 32.2. The molecule has 106 valence electrons. The van der Waals surface area contributed by atoms with Crippen molar-refractivity contribution in [3.8, 4) is 0 Å². The topological polar surface area (TPSA) is 77.3 Å². The molecule has 0 heterocycles. The first kappa shape index (κ1) is 13.3. The molecule has 0 radical (unpaired) electrons. The normalized spacial score (nSPS) is 32.2. The van der Waals surface area contributed by atoms with Crippen LogP contribution in [0.3, 0.4) is 0 Å². The highest BCUT2D eigenvalue weighted by molar-refractivity contribution is 7.92. The molecule has 1 fully saturated rings. The lowest BCUT2D eigenvalue weighted by molar-refractivity contribution is -0.533. The highest BCUT2D eigenvalue weighted by Gasteiger charge is 2.54. The van der Waals surface area contributed by atoms with Crippen molar-refractivity contribution in [2.24, 2.45) is 11.8 Å². The maximum Gasteiger partial charge on any atom is 0.236 e. The molecule has 3 aliphatic rings. The number of nitro groups is 1. The number of benzene rings is 1. The molecule has 6 heteroatoms. The first-order valence-electron chi connectivity index (χ1n) is 6.62. The molecule has 4 rings (SSSR count). The first-order chi connectivity index (χ1) is 9.51. The summed E-state index contributed by atoms with van der Waals surface area (Å²) in [5.41, 5.74) is 0. The van der Waals surface area contributed by atoms with Crippen LogP contribution in [-0.4, -0.2) is 24.6 Å². The third-order valence-electron chi connectivity index (χ3n) is 4.31. The van der Waals surface area contributed by atoms with Gasteiger partial charge in [-0.05, 0) is 25.0 Å². The Kier molecular flexibility index (Phi) is 3.12. The molecule has 0 N–H and O–H groups in total. The zero-order valence-electron chi connectivity index (χ0n) is 10.8. The lowest BCUT2D eigenvalue weighted by atomic mass is 9.72. The molecule has 1 aromatic carbocycles. The Balaban J connectivity index is 2.08. The summed E-state index contributed by atoms with van der Waals surface area (Å²) in [5.74, 6) is -0.515. The Labute approximate surface area is 117 Å². The average molecular weight is 293 g/mol. The number of allylic oxidation sites excluding steroid dienone is 1. The Morgan fingerprint density at radius 1 is 1.05 bits per heavy atom. The van der Waals surface area contributed by atoms with Gasteiger partial charge < -0.3 is 0 Å². The molecule has 1 saturated carbocycles. The molecule has 3 aliphatic carbocycles. The van der Waals surface area contributed by atoms with Crippen molar-refractivity contribution in [2.45, 2.75) is 29.0 Å². The second-order valence-electron chi connectivity index (χ2n) is 5.39. The zero-order chi connectivity index (χ0) is 14.3. The van der Waals surface area contributed by atoms with Crippen molar-refractivity contribution < 1.29 is 13.3 Å². The van der Waals surface area contributed by atoms with Gasteiger partial charge in [-0.3, -0.25) is 10.1 Å². The van der Waals surface area contributed by atoms with Crippen molar-refractivity contribution in [1.82, 2.24) is 0 Å². The smallest absolute Gasteiger partial charge is 0.236 e. The third-order valence-corrected chi connectivity index (χ3v) is 6.58. The fourth-order valence-corrected chi connectivity index (χ4v) is 5.58. The number of rotatable bonds is 3. The van der Waals surface area contributed by atoms with Crippen LogP contribution in [0.1, 0.15) is 12.8 Å². The number of hydrogen-bond acceptors (Lipinski definition) is 4. The zero-order valence-corrected chi connectivity index (χ0v) is 11.6. The molecule has 2 bridgehead atoms. The van der Waals surface area contributed by atoms with E-state index in [2.05, 4.69) is 0 Å². The van der Waals surface area contributed by atoms with E-state index in [0.717, 1.165) is 0 Å². The second-order valence-corrected chi connectivity index (χ2v) is 7.49. The van der Waals surface area contributed by atoms with E-state index < -0.39 is 26.1 Å². The molecule has 0 spiro atoms. The molecule has 0 saturated heterocycles. The summed E-state index contributed by atoms with van der Waals surface area (Å²) in [5, 5.41) is 10.4. The molecule has 4 atom stereocenters. The standard InChI is InChI=1S/C14H15NO4S/c16-15(17)13-10-6-8-11(9-7-10)14(13)20(18,19)12-4-2-1-3-5-12/h1-6,8,10-11,13-14H,7,9H2/t10-,11+,13-,14-/m1/s1. The van der Waals surface area contributed by atoms with Gasteiger partial charge in [0.2, 0.25) is 6.04 Å². The summed E-state index contributed by atoms with van der Waals surface area (Å²) in [4.78, 5) is 11.1. The summed E-state index contributed by atoms with van der Waals surface area (Å²) in [6.07, 6.45) is 5.08. The van der Waals surface area contributed by atoms with Gasteiger partial charge in [0.05, 0.1) is 4.90 Å². The van der Waals surface area contributed by atoms with E-state index >= 15 is 0 Å². The van der Waals surface area contributed by atoms with Crippen LogP contribution < -0.4 is 0 Å². The van der Waals surface area contributed by atoms with Gasteiger partial charge in [-0.25, -0.2) is 8.42 Å². The van der Waals surface area contributed by atoms with Crippen LogP contribution in [0.25, 0.3) is 0 Å². The van der Waals surface area contributed by atoms with Crippen molar-refractivity contribution in [2.75, 3.05) is 0 Å². The van der Waals surface area contributed by atoms with E-state index in [1.165, 1.54) is 12.1 Å². The summed E-state index contributed by atoms with van der Waals surface area (Å²) in [6.45, 7) is 0. The Morgan fingerprint density at radius 2 is 1.65 bits per heavy atom. The lowest BCUT2D eigenvalue weighted by Crippen LogP contribution is -2.53. The van der Waals surface area contributed by atoms with Crippen LogP contribution >= 0.6 is 0 Å². The SMILES string of the molecule is O=[N+]([O-])[C@H]1[C@H](S(=O)(=O)c2ccccc2)[C@H]2C=C[C@@H]1CC2. The molecule has 0 amide bonds. The van der Waals surface area contributed by atoms with Crippen LogP contribution in [0.4, 0.5) is 0 Å². The van der Waals surface area contributed by atoms with Gasteiger partial charge in [-0.2, -0.15) is 0 Å². The van der Waals surface area contributed by atoms with Gasteiger partial charge in [-0.15, -0.1) is 0 Å². The summed E-state index contributed by atoms with van der Waals surface area (Å²) in [7, 11) is -3.68. The van der Waals surface area contributed by atoms with Crippen LogP contribution in [-0.2, 0) is 9.84 Å². The van der Waals surface area contributed by atoms with E-state index in [4.69, 9.17) is 0 Å². The van der Waals surface area contributed by atoms with Crippen molar-refractivity contribution in [1.29, 1.82) is 0 Å². The average Bonchev–Trinajstić information content (AvgIpc) is 2.48. The molecular formula is C14H15NO4S. The Bertz CT molecular complexity index is 653. The van der Waals surface area contributed by atoms with Crippen molar-refractivity contribution in [3.05, 3.63) is 52.6 Å². The molecule has 5 nitrogen and oxygen atoms in total. The molecule has 0 aromatic heterocycles. The van der Waals surface area contributed by atoms with E-state index in [9.17, 15) is 18.5 Å². The number of hydrogen-bond donors (Lipinski definition) is 0. The minimum absolute atomic E-state index is 0.179. The van der Waals surface area contributed by atoms with Crippen molar-refractivity contribution in [3.63, 3.8) is 0 Å². The number of nitrogens with zero attached hydrogens (tertiary/aromatic N) is 1. The maximum atomic E-state index is 12.8. The lowest BCUT2D eigenvalue weighted by Gasteiger charge is -2.39. The third kappa shape index (κ3) is 1.95. The van der Waals surface area contributed by atoms with E-state index in [0.29, 0.717) is 12.8 Å². The fourth-order valence-electron chi connectivity index (χ4n) is 3.38.